The minimum atomic E-state index is -0.453. The third-order valence-corrected chi connectivity index (χ3v) is 2.17. The number of pyridine rings is 1. The van der Waals surface area contributed by atoms with E-state index in [-0.39, 0.29) is 11.4 Å². The topological polar surface area (TPSA) is 77.8 Å². The molecule has 1 heterocycles. The summed E-state index contributed by atoms with van der Waals surface area (Å²) in [6.07, 6.45) is 1.58. The molecule has 5 nitrogen and oxygen atoms in total. The number of nitriles is 1. The molecule has 0 aliphatic rings. The predicted octanol–water partition coefficient (Wildman–Crippen LogP) is 1.67. The summed E-state index contributed by atoms with van der Waals surface area (Å²) in [5.41, 5.74) is 0.141. The van der Waals surface area contributed by atoms with E-state index < -0.39 is 6.04 Å². The Morgan fingerprint density at radius 1 is 1.50 bits per heavy atom. The van der Waals surface area contributed by atoms with Crippen molar-refractivity contribution in [1.29, 1.82) is 5.26 Å². The molecule has 5 heteroatoms. The van der Waals surface area contributed by atoms with Gasteiger partial charge < -0.3 is 10.6 Å². The van der Waals surface area contributed by atoms with Gasteiger partial charge in [0.1, 0.15) is 17.9 Å². The lowest BCUT2D eigenvalue weighted by molar-refractivity contribution is -0.122. The van der Waals surface area contributed by atoms with Gasteiger partial charge in [0.05, 0.1) is 5.56 Å². The second kappa shape index (κ2) is 5.50. The van der Waals surface area contributed by atoms with Crippen LogP contribution >= 0.6 is 0 Å². The summed E-state index contributed by atoms with van der Waals surface area (Å²) in [7, 11) is 0. The Morgan fingerprint density at radius 2 is 2.17 bits per heavy atom. The lowest BCUT2D eigenvalue weighted by atomic mass is 10.1. The third-order valence-electron chi connectivity index (χ3n) is 2.17. The van der Waals surface area contributed by atoms with E-state index in [9.17, 15) is 4.79 Å². The Bertz CT molecular complexity index is 471. The molecule has 0 fully saturated rings. The van der Waals surface area contributed by atoms with Gasteiger partial charge in [-0.2, -0.15) is 5.26 Å². The van der Waals surface area contributed by atoms with E-state index in [1.807, 2.05) is 26.8 Å². The van der Waals surface area contributed by atoms with E-state index in [4.69, 9.17) is 5.26 Å². The molecule has 0 saturated heterocycles. The van der Waals surface area contributed by atoms with Crippen molar-refractivity contribution in [3.8, 4) is 6.07 Å². The van der Waals surface area contributed by atoms with E-state index in [0.717, 1.165) is 0 Å². The van der Waals surface area contributed by atoms with Gasteiger partial charge in [-0.1, -0.05) is 0 Å². The maximum Gasteiger partial charge on any atom is 0.242 e. The average molecular weight is 246 g/mol. The molecule has 2 N–H and O–H groups in total. The second-order valence-corrected chi connectivity index (χ2v) is 5.12. The van der Waals surface area contributed by atoms with E-state index in [1.54, 1.807) is 25.3 Å². The molecule has 0 aromatic carbocycles. The molecule has 1 aromatic rings. The molecule has 0 aliphatic heterocycles. The van der Waals surface area contributed by atoms with Gasteiger partial charge in [0, 0.05) is 11.7 Å². The van der Waals surface area contributed by atoms with Crippen molar-refractivity contribution in [2.75, 3.05) is 5.32 Å². The van der Waals surface area contributed by atoms with Crippen LogP contribution in [0, 0.1) is 11.3 Å². The maximum absolute atomic E-state index is 11.9. The van der Waals surface area contributed by atoms with Gasteiger partial charge >= 0.3 is 0 Å². The van der Waals surface area contributed by atoms with E-state index >= 15 is 0 Å². The number of rotatable bonds is 3. The molecule has 18 heavy (non-hydrogen) atoms. The summed E-state index contributed by atoms with van der Waals surface area (Å²) >= 11 is 0. The quantitative estimate of drug-likeness (QED) is 0.850. The molecule has 0 bridgehead atoms. The van der Waals surface area contributed by atoms with Gasteiger partial charge in [-0.25, -0.2) is 4.98 Å². The average Bonchev–Trinajstić information content (AvgIpc) is 2.27. The first-order chi connectivity index (χ1) is 8.33. The molecular weight excluding hydrogens is 228 g/mol. The third kappa shape index (κ3) is 4.06. The molecule has 0 radical (unpaired) electrons. The van der Waals surface area contributed by atoms with Crippen LogP contribution in [0.5, 0.6) is 0 Å². The largest absolute Gasteiger partial charge is 0.358 e. The summed E-state index contributed by atoms with van der Waals surface area (Å²) in [5.74, 6) is 0.300. The van der Waals surface area contributed by atoms with Gasteiger partial charge in [0.2, 0.25) is 5.91 Å². The van der Waals surface area contributed by atoms with Crippen molar-refractivity contribution in [2.45, 2.75) is 39.3 Å². The highest BCUT2D eigenvalue weighted by atomic mass is 16.2. The summed E-state index contributed by atoms with van der Waals surface area (Å²) < 4.78 is 0. The molecule has 1 atom stereocenters. The predicted molar refractivity (Wildman–Crippen MR) is 69.9 cm³/mol. The number of carbonyl (C=O) groups is 1. The van der Waals surface area contributed by atoms with Crippen LogP contribution in [0.2, 0.25) is 0 Å². The number of hydrogen-bond donors (Lipinski definition) is 2. The van der Waals surface area contributed by atoms with Crippen LogP contribution in [-0.2, 0) is 4.79 Å². The SMILES string of the molecule is CC(Nc1ncccc1C#N)C(=O)NC(C)(C)C. The first-order valence-corrected chi connectivity index (χ1v) is 5.77. The van der Waals surface area contributed by atoms with Crippen LogP contribution in [0.4, 0.5) is 5.82 Å². The number of carbonyl (C=O) groups excluding carboxylic acids is 1. The smallest absolute Gasteiger partial charge is 0.242 e. The highest BCUT2D eigenvalue weighted by molar-refractivity contribution is 5.84. The Kier molecular flexibility index (Phi) is 4.27. The minimum Gasteiger partial charge on any atom is -0.358 e. The first kappa shape index (κ1) is 14.0. The zero-order chi connectivity index (χ0) is 13.8. The monoisotopic (exact) mass is 246 g/mol. The minimum absolute atomic E-state index is 0.128. The molecule has 1 unspecified atom stereocenters. The van der Waals surface area contributed by atoms with Crippen molar-refractivity contribution in [1.82, 2.24) is 10.3 Å². The Balaban J connectivity index is 2.73. The van der Waals surface area contributed by atoms with Crippen molar-refractivity contribution >= 4 is 11.7 Å². The first-order valence-electron chi connectivity index (χ1n) is 5.77. The lowest BCUT2D eigenvalue weighted by Crippen LogP contribution is -2.47. The second-order valence-electron chi connectivity index (χ2n) is 5.12. The molecule has 0 saturated carbocycles. The molecule has 0 spiro atoms. The molecule has 1 amide bonds. The van der Waals surface area contributed by atoms with Crippen LogP contribution < -0.4 is 10.6 Å². The van der Waals surface area contributed by atoms with Crippen LogP contribution in [0.15, 0.2) is 18.3 Å². The van der Waals surface area contributed by atoms with Crippen molar-refractivity contribution < 1.29 is 4.79 Å². The Labute approximate surface area is 107 Å². The fourth-order valence-corrected chi connectivity index (χ4v) is 1.36. The van der Waals surface area contributed by atoms with Crippen LogP contribution in [0.25, 0.3) is 0 Å². The number of aromatic nitrogens is 1. The summed E-state index contributed by atoms with van der Waals surface area (Å²) in [4.78, 5) is 15.9. The van der Waals surface area contributed by atoms with Crippen LogP contribution in [0.3, 0.4) is 0 Å². The Morgan fingerprint density at radius 3 is 2.72 bits per heavy atom. The zero-order valence-electron chi connectivity index (χ0n) is 11.1. The number of nitrogens with one attached hydrogen (secondary N) is 2. The summed E-state index contributed by atoms with van der Waals surface area (Å²) in [5, 5.41) is 14.7. The molecule has 1 aromatic heterocycles. The van der Waals surface area contributed by atoms with E-state index in [1.165, 1.54) is 0 Å². The molecule has 96 valence electrons. The highest BCUT2D eigenvalue weighted by Gasteiger charge is 2.20. The van der Waals surface area contributed by atoms with Gasteiger partial charge in [-0.05, 0) is 39.8 Å². The maximum atomic E-state index is 11.9. The van der Waals surface area contributed by atoms with E-state index in [2.05, 4.69) is 15.6 Å². The number of nitrogens with zero attached hydrogens (tertiary/aromatic N) is 2. The van der Waals surface area contributed by atoms with Crippen molar-refractivity contribution in [3.05, 3.63) is 23.9 Å². The van der Waals surface area contributed by atoms with Gasteiger partial charge in [0.15, 0.2) is 0 Å². The number of anilines is 1. The summed E-state index contributed by atoms with van der Waals surface area (Å²) in [6.45, 7) is 7.48. The van der Waals surface area contributed by atoms with Crippen molar-refractivity contribution in [2.24, 2.45) is 0 Å². The zero-order valence-corrected chi connectivity index (χ0v) is 11.1. The normalized spacial score (nSPS) is 12.4. The molecule has 1 rings (SSSR count). The fourth-order valence-electron chi connectivity index (χ4n) is 1.36. The molecular formula is C13H18N4O. The fraction of sp³-hybridized carbons (Fsp3) is 0.462. The van der Waals surface area contributed by atoms with Crippen molar-refractivity contribution in [3.63, 3.8) is 0 Å². The van der Waals surface area contributed by atoms with Gasteiger partial charge in [0.25, 0.3) is 0 Å². The van der Waals surface area contributed by atoms with Gasteiger partial charge in [-0.3, -0.25) is 4.79 Å². The van der Waals surface area contributed by atoms with E-state index in [0.29, 0.717) is 11.4 Å². The van der Waals surface area contributed by atoms with Gasteiger partial charge in [-0.15, -0.1) is 0 Å². The summed E-state index contributed by atoms with van der Waals surface area (Å²) in [6, 6.07) is 4.92. The lowest BCUT2D eigenvalue weighted by Gasteiger charge is -2.24. The molecule has 0 aliphatic carbocycles. The standard InChI is InChI=1S/C13H18N4O/c1-9(12(18)17-13(2,3)4)16-11-10(8-14)6-5-7-15-11/h5-7,9H,1-4H3,(H,15,16)(H,17,18). The number of hydrogen-bond acceptors (Lipinski definition) is 4. The Hall–Kier alpha value is -2.09. The van der Waals surface area contributed by atoms with Crippen LogP contribution in [0.1, 0.15) is 33.3 Å². The number of amides is 1. The highest BCUT2D eigenvalue weighted by Crippen LogP contribution is 2.11. The van der Waals surface area contributed by atoms with Crippen LogP contribution in [-0.4, -0.2) is 22.5 Å².